The molecule has 9 heteroatoms. The van der Waals surface area contributed by atoms with E-state index in [0.717, 1.165) is 64.0 Å². The number of nitrogens with two attached hydrogens (primary N) is 1. The smallest absolute Gasteiger partial charge is 0.268 e. The maximum Gasteiger partial charge on any atom is 0.268 e. The van der Waals surface area contributed by atoms with E-state index in [1.807, 2.05) is 24.3 Å². The van der Waals surface area contributed by atoms with Gasteiger partial charge in [-0.05, 0) is 53.5 Å². The fourth-order valence-corrected chi connectivity index (χ4v) is 4.84. The van der Waals surface area contributed by atoms with Crippen LogP contribution < -0.4 is 5.84 Å². The normalized spacial score (nSPS) is 17.9. The number of hydrogen-bond acceptors (Lipinski definition) is 7. The molecule has 8 nitrogen and oxygen atoms in total. The van der Waals surface area contributed by atoms with E-state index < -0.39 is 0 Å². The van der Waals surface area contributed by atoms with Gasteiger partial charge in [0.1, 0.15) is 6.07 Å². The number of piperazine rings is 1. The van der Waals surface area contributed by atoms with Gasteiger partial charge in [-0.15, -0.1) is 0 Å². The first-order chi connectivity index (χ1) is 15.5. The van der Waals surface area contributed by atoms with Gasteiger partial charge in [0.25, 0.3) is 5.91 Å². The Morgan fingerprint density at radius 2 is 2.00 bits per heavy atom. The minimum Gasteiger partial charge on any atom is -0.304 e. The van der Waals surface area contributed by atoms with Crippen molar-refractivity contribution in [2.45, 2.75) is 38.3 Å². The van der Waals surface area contributed by atoms with E-state index in [-0.39, 0.29) is 17.8 Å². The number of aromatic nitrogens is 2. The molecule has 32 heavy (non-hydrogen) atoms. The van der Waals surface area contributed by atoms with Crippen LogP contribution in [0.2, 0.25) is 0 Å². The lowest BCUT2D eigenvalue weighted by atomic mass is 9.99. The van der Waals surface area contributed by atoms with Gasteiger partial charge in [-0.3, -0.25) is 14.7 Å². The Morgan fingerprint density at radius 3 is 2.69 bits per heavy atom. The molecule has 0 unspecified atom stereocenters. The number of hydrogen-bond donors (Lipinski definition) is 1. The fraction of sp³-hybridized carbons (Fsp3) is 0.478. The maximum absolute atomic E-state index is 13.4. The van der Waals surface area contributed by atoms with E-state index in [1.165, 1.54) is 5.01 Å². The molecule has 2 aliphatic rings. The number of hydrazine groups is 1. The highest BCUT2D eigenvalue weighted by molar-refractivity contribution is 9.10. The molecular weight excluding hydrogens is 470 g/mol. The SMILES string of the molecule is CN1CCN(Cc2ccc(C(=O)N(N)C3CCCC3)c(-c3nc(C#N)ncc3Br)c2)CC1. The summed E-state index contributed by atoms with van der Waals surface area (Å²) >= 11 is 3.51. The average Bonchev–Trinajstić information content (AvgIpc) is 3.35. The van der Waals surface area contributed by atoms with Gasteiger partial charge in [0.15, 0.2) is 0 Å². The summed E-state index contributed by atoms with van der Waals surface area (Å²) in [6.07, 6.45) is 5.58. The Morgan fingerprint density at radius 1 is 1.28 bits per heavy atom. The monoisotopic (exact) mass is 497 g/mol. The molecule has 168 valence electrons. The topological polar surface area (TPSA) is 102 Å². The summed E-state index contributed by atoms with van der Waals surface area (Å²) in [4.78, 5) is 26.6. The van der Waals surface area contributed by atoms with Crippen LogP contribution in [0, 0.1) is 11.3 Å². The van der Waals surface area contributed by atoms with Gasteiger partial charge >= 0.3 is 0 Å². The van der Waals surface area contributed by atoms with Gasteiger partial charge in [0.2, 0.25) is 5.82 Å². The molecule has 1 saturated carbocycles. The second kappa shape index (κ2) is 10.0. The van der Waals surface area contributed by atoms with E-state index in [4.69, 9.17) is 5.84 Å². The summed E-state index contributed by atoms with van der Waals surface area (Å²) in [6.45, 7) is 4.87. The van der Waals surface area contributed by atoms with Crippen molar-refractivity contribution in [2.24, 2.45) is 5.84 Å². The van der Waals surface area contributed by atoms with Crippen molar-refractivity contribution in [3.05, 3.63) is 45.8 Å². The summed E-state index contributed by atoms with van der Waals surface area (Å²) in [5.41, 5.74) is 2.78. The number of likely N-dealkylation sites (N-methyl/N-ethyl adjacent to an activating group) is 1. The zero-order valence-corrected chi connectivity index (χ0v) is 19.9. The lowest BCUT2D eigenvalue weighted by Gasteiger charge is -2.32. The van der Waals surface area contributed by atoms with Crippen LogP contribution >= 0.6 is 15.9 Å². The molecule has 2 heterocycles. The third-order valence-electron chi connectivity index (χ3n) is 6.37. The lowest BCUT2D eigenvalue weighted by Crippen LogP contribution is -2.44. The predicted molar refractivity (Wildman–Crippen MR) is 125 cm³/mol. The van der Waals surface area contributed by atoms with Crippen molar-refractivity contribution in [1.29, 1.82) is 5.26 Å². The third-order valence-corrected chi connectivity index (χ3v) is 6.95. The first kappa shape index (κ1) is 22.8. The third kappa shape index (κ3) is 4.99. The van der Waals surface area contributed by atoms with Crippen LogP contribution in [-0.4, -0.2) is 70.0 Å². The first-order valence-corrected chi connectivity index (χ1v) is 11.8. The molecule has 2 aromatic rings. The second-order valence-corrected chi connectivity index (χ2v) is 9.47. The molecule has 0 atom stereocenters. The Kier molecular flexibility index (Phi) is 7.16. The summed E-state index contributed by atoms with van der Waals surface area (Å²) < 4.78 is 0.631. The van der Waals surface area contributed by atoms with Crippen LogP contribution in [0.5, 0.6) is 0 Å². The van der Waals surface area contributed by atoms with Crippen LogP contribution in [0.15, 0.2) is 28.9 Å². The maximum atomic E-state index is 13.4. The van der Waals surface area contributed by atoms with E-state index in [9.17, 15) is 10.1 Å². The molecule has 0 radical (unpaired) electrons. The second-order valence-electron chi connectivity index (χ2n) is 8.61. The summed E-state index contributed by atoms with van der Waals surface area (Å²) in [5.74, 6) is 6.11. The van der Waals surface area contributed by atoms with Crippen molar-refractivity contribution in [3.8, 4) is 17.3 Å². The number of carbonyl (C=O) groups excluding carboxylic acids is 1. The molecule has 2 fully saturated rings. The molecule has 1 aliphatic heterocycles. The molecule has 4 rings (SSSR count). The van der Waals surface area contributed by atoms with Crippen LogP contribution in [-0.2, 0) is 6.54 Å². The minimum atomic E-state index is -0.220. The van der Waals surface area contributed by atoms with E-state index >= 15 is 0 Å². The minimum absolute atomic E-state index is 0.0591. The molecule has 0 bridgehead atoms. The average molecular weight is 498 g/mol. The molecule has 1 aliphatic carbocycles. The first-order valence-electron chi connectivity index (χ1n) is 11.0. The largest absolute Gasteiger partial charge is 0.304 e. The Hall–Kier alpha value is -2.38. The van der Waals surface area contributed by atoms with Gasteiger partial charge in [-0.1, -0.05) is 18.9 Å². The highest BCUT2D eigenvalue weighted by Gasteiger charge is 2.28. The van der Waals surface area contributed by atoms with Crippen LogP contribution in [0.25, 0.3) is 11.3 Å². The molecular formula is C23H28BrN7O. The van der Waals surface area contributed by atoms with Crippen molar-refractivity contribution in [1.82, 2.24) is 24.8 Å². The fourth-order valence-electron chi connectivity index (χ4n) is 4.43. The number of halogens is 1. The highest BCUT2D eigenvalue weighted by atomic mass is 79.9. The van der Waals surface area contributed by atoms with Crippen molar-refractivity contribution < 1.29 is 4.79 Å². The summed E-state index contributed by atoms with van der Waals surface area (Å²) in [6, 6.07) is 7.89. The van der Waals surface area contributed by atoms with Crippen molar-refractivity contribution in [3.63, 3.8) is 0 Å². The molecule has 1 saturated heterocycles. The molecule has 1 aromatic carbocycles. The van der Waals surface area contributed by atoms with Crippen LogP contribution in [0.1, 0.15) is 47.4 Å². The van der Waals surface area contributed by atoms with Crippen LogP contribution in [0.4, 0.5) is 0 Å². The van der Waals surface area contributed by atoms with Crippen molar-refractivity contribution >= 4 is 21.8 Å². The van der Waals surface area contributed by atoms with Gasteiger partial charge in [-0.25, -0.2) is 15.8 Å². The number of benzene rings is 1. The molecule has 1 aromatic heterocycles. The highest BCUT2D eigenvalue weighted by Crippen LogP contribution is 2.32. The predicted octanol–water partition coefficient (Wildman–Crippen LogP) is 2.78. The number of nitriles is 1. The zero-order valence-electron chi connectivity index (χ0n) is 18.3. The quantitative estimate of drug-likeness (QED) is 0.384. The van der Waals surface area contributed by atoms with Gasteiger partial charge in [-0.2, -0.15) is 5.26 Å². The van der Waals surface area contributed by atoms with Gasteiger partial charge < -0.3 is 4.90 Å². The number of amides is 1. The number of carbonyl (C=O) groups is 1. The van der Waals surface area contributed by atoms with Crippen molar-refractivity contribution in [2.75, 3.05) is 33.2 Å². The van der Waals surface area contributed by atoms with E-state index in [0.29, 0.717) is 21.3 Å². The zero-order chi connectivity index (χ0) is 22.7. The Labute approximate surface area is 197 Å². The van der Waals surface area contributed by atoms with E-state index in [1.54, 1.807) is 6.20 Å². The summed E-state index contributed by atoms with van der Waals surface area (Å²) in [7, 11) is 2.14. The molecule has 2 N–H and O–H groups in total. The molecule has 1 amide bonds. The Balaban J connectivity index is 1.70. The number of rotatable bonds is 5. The van der Waals surface area contributed by atoms with Gasteiger partial charge in [0.05, 0.1) is 15.7 Å². The number of nitrogens with zero attached hydrogens (tertiary/aromatic N) is 6. The standard InChI is InChI=1S/C23H28BrN7O/c1-29-8-10-30(11-9-29)15-16-6-7-18(23(32)31(26)17-4-2-3-5-17)19(12-16)22-20(24)14-27-21(13-25)28-22/h6-7,12,14,17H,2-5,8-11,15,26H2,1H3. The van der Waals surface area contributed by atoms with Gasteiger partial charge in [0, 0.05) is 50.5 Å². The van der Waals surface area contributed by atoms with E-state index in [2.05, 4.69) is 42.7 Å². The lowest BCUT2D eigenvalue weighted by molar-refractivity contribution is 0.0682. The van der Waals surface area contributed by atoms with Crippen LogP contribution in [0.3, 0.4) is 0 Å². The molecule has 0 spiro atoms. The Bertz CT molecular complexity index is 1020. The summed E-state index contributed by atoms with van der Waals surface area (Å²) in [5, 5.41) is 10.7.